The van der Waals surface area contributed by atoms with E-state index in [2.05, 4.69) is 4.99 Å². The Morgan fingerprint density at radius 1 is 1.35 bits per heavy atom. The van der Waals surface area contributed by atoms with E-state index in [1.165, 1.54) is 0 Å². The van der Waals surface area contributed by atoms with Gasteiger partial charge in [-0.1, -0.05) is 30.3 Å². The van der Waals surface area contributed by atoms with Crippen LogP contribution in [0.3, 0.4) is 0 Å². The zero-order valence-electron chi connectivity index (χ0n) is 10.6. The standard InChI is InChI=1S/C14H19NO2/c1-4-17-14(16)11(2)12(3)15-10-13-8-6-5-7-9-13/h5-9,11H,4,10H2,1-3H3. The molecule has 3 nitrogen and oxygen atoms in total. The molecule has 0 saturated carbocycles. The van der Waals surface area contributed by atoms with Gasteiger partial charge in [-0.3, -0.25) is 9.79 Å². The zero-order valence-corrected chi connectivity index (χ0v) is 10.6. The van der Waals surface area contributed by atoms with Crippen LogP contribution in [0.5, 0.6) is 0 Å². The molecule has 92 valence electrons. The molecule has 0 fully saturated rings. The first-order valence-electron chi connectivity index (χ1n) is 5.86. The lowest BCUT2D eigenvalue weighted by Gasteiger charge is -2.10. The van der Waals surface area contributed by atoms with Crippen molar-refractivity contribution in [3.05, 3.63) is 35.9 Å². The Kier molecular flexibility index (Phi) is 5.40. The third-order valence-electron chi connectivity index (χ3n) is 2.62. The van der Waals surface area contributed by atoms with Gasteiger partial charge in [0.1, 0.15) is 0 Å². The summed E-state index contributed by atoms with van der Waals surface area (Å²) in [7, 11) is 0. The Bertz CT molecular complexity index is 384. The number of carbonyl (C=O) groups excluding carboxylic acids is 1. The molecule has 1 unspecified atom stereocenters. The zero-order chi connectivity index (χ0) is 12.7. The largest absolute Gasteiger partial charge is 0.465 e. The number of esters is 1. The topological polar surface area (TPSA) is 38.7 Å². The highest BCUT2D eigenvalue weighted by Gasteiger charge is 2.16. The second kappa shape index (κ2) is 6.84. The van der Waals surface area contributed by atoms with Gasteiger partial charge in [0.2, 0.25) is 0 Å². The van der Waals surface area contributed by atoms with Crippen molar-refractivity contribution in [2.45, 2.75) is 27.3 Å². The number of rotatable bonds is 5. The number of nitrogens with zero attached hydrogens (tertiary/aromatic N) is 1. The van der Waals surface area contributed by atoms with Crippen LogP contribution in [-0.2, 0) is 16.1 Å². The molecule has 0 aliphatic carbocycles. The number of hydrogen-bond donors (Lipinski definition) is 0. The van der Waals surface area contributed by atoms with Crippen molar-refractivity contribution in [3.8, 4) is 0 Å². The highest BCUT2D eigenvalue weighted by Crippen LogP contribution is 2.06. The van der Waals surface area contributed by atoms with Gasteiger partial charge in [0.25, 0.3) is 0 Å². The molecule has 1 rings (SSSR count). The van der Waals surface area contributed by atoms with Gasteiger partial charge >= 0.3 is 5.97 Å². The van der Waals surface area contributed by atoms with Crippen LogP contribution in [0, 0.1) is 5.92 Å². The Hall–Kier alpha value is -1.64. The number of hydrogen-bond acceptors (Lipinski definition) is 3. The van der Waals surface area contributed by atoms with Crippen LogP contribution < -0.4 is 0 Å². The van der Waals surface area contributed by atoms with Crippen molar-refractivity contribution in [1.29, 1.82) is 0 Å². The van der Waals surface area contributed by atoms with Gasteiger partial charge < -0.3 is 4.74 Å². The summed E-state index contributed by atoms with van der Waals surface area (Å²) in [5, 5.41) is 0. The molecule has 3 heteroatoms. The van der Waals surface area contributed by atoms with E-state index in [-0.39, 0.29) is 11.9 Å². The maximum absolute atomic E-state index is 11.5. The normalized spacial score (nSPS) is 13.2. The number of carbonyl (C=O) groups is 1. The summed E-state index contributed by atoms with van der Waals surface area (Å²) in [5.74, 6) is -0.472. The Morgan fingerprint density at radius 2 is 2.00 bits per heavy atom. The van der Waals surface area contributed by atoms with Crippen molar-refractivity contribution < 1.29 is 9.53 Å². The molecule has 1 atom stereocenters. The first-order chi connectivity index (χ1) is 8.15. The molecular formula is C14H19NO2. The van der Waals surface area contributed by atoms with Crippen molar-refractivity contribution in [1.82, 2.24) is 0 Å². The van der Waals surface area contributed by atoms with Crippen LogP contribution in [0.15, 0.2) is 35.3 Å². The fourth-order valence-electron chi connectivity index (χ4n) is 1.37. The van der Waals surface area contributed by atoms with Crippen molar-refractivity contribution in [2.75, 3.05) is 6.61 Å². The van der Waals surface area contributed by atoms with Crippen LogP contribution in [0.1, 0.15) is 26.3 Å². The van der Waals surface area contributed by atoms with Gasteiger partial charge in [-0.05, 0) is 26.3 Å². The molecule has 1 aromatic rings. The van der Waals surface area contributed by atoms with E-state index in [9.17, 15) is 4.79 Å². The highest BCUT2D eigenvalue weighted by molar-refractivity contribution is 6.00. The van der Waals surface area contributed by atoms with Gasteiger partial charge in [-0.25, -0.2) is 0 Å². The smallest absolute Gasteiger partial charge is 0.314 e. The second-order valence-electron chi connectivity index (χ2n) is 3.92. The van der Waals surface area contributed by atoms with Crippen molar-refractivity contribution in [3.63, 3.8) is 0 Å². The molecule has 0 aliphatic rings. The summed E-state index contributed by atoms with van der Waals surface area (Å²) >= 11 is 0. The SMILES string of the molecule is CCOC(=O)C(C)C(C)=NCc1ccccc1. The molecule has 0 spiro atoms. The molecule has 0 amide bonds. The molecule has 0 aromatic heterocycles. The van der Waals surface area contributed by atoms with Gasteiger partial charge in [-0.2, -0.15) is 0 Å². The quantitative estimate of drug-likeness (QED) is 0.579. The minimum Gasteiger partial charge on any atom is -0.465 e. The van der Waals surface area contributed by atoms with E-state index in [1.54, 1.807) is 6.92 Å². The Labute approximate surface area is 103 Å². The third-order valence-corrected chi connectivity index (χ3v) is 2.62. The number of ether oxygens (including phenoxy) is 1. The van der Waals surface area contributed by atoms with E-state index in [1.807, 2.05) is 44.2 Å². The summed E-state index contributed by atoms with van der Waals surface area (Å²) in [5.41, 5.74) is 1.95. The molecule has 0 bridgehead atoms. The van der Waals surface area contributed by atoms with Crippen LogP contribution in [0.4, 0.5) is 0 Å². The van der Waals surface area contributed by atoms with Crippen LogP contribution in [-0.4, -0.2) is 18.3 Å². The molecular weight excluding hydrogens is 214 g/mol. The van der Waals surface area contributed by atoms with Crippen LogP contribution >= 0.6 is 0 Å². The van der Waals surface area contributed by atoms with E-state index in [0.29, 0.717) is 13.2 Å². The van der Waals surface area contributed by atoms with Crippen molar-refractivity contribution >= 4 is 11.7 Å². The lowest BCUT2D eigenvalue weighted by atomic mass is 10.1. The van der Waals surface area contributed by atoms with Gasteiger partial charge in [0.15, 0.2) is 0 Å². The summed E-state index contributed by atoms with van der Waals surface area (Å²) < 4.78 is 4.96. The maximum Gasteiger partial charge on any atom is 0.314 e. The minimum absolute atomic E-state index is 0.207. The van der Waals surface area contributed by atoms with E-state index >= 15 is 0 Å². The first kappa shape index (κ1) is 13.4. The predicted octanol–water partition coefficient (Wildman–Crippen LogP) is 2.85. The van der Waals surface area contributed by atoms with Crippen molar-refractivity contribution in [2.24, 2.45) is 10.9 Å². The highest BCUT2D eigenvalue weighted by atomic mass is 16.5. The Balaban J connectivity index is 2.57. The monoisotopic (exact) mass is 233 g/mol. The fourth-order valence-corrected chi connectivity index (χ4v) is 1.37. The minimum atomic E-state index is -0.265. The van der Waals surface area contributed by atoms with Gasteiger partial charge in [-0.15, -0.1) is 0 Å². The van der Waals surface area contributed by atoms with E-state index in [0.717, 1.165) is 11.3 Å². The lowest BCUT2D eigenvalue weighted by molar-refractivity contribution is -0.145. The van der Waals surface area contributed by atoms with Crippen LogP contribution in [0.2, 0.25) is 0 Å². The predicted molar refractivity (Wildman–Crippen MR) is 69.1 cm³/mol. The molecule has 0 aliphatic heterocycles. The lowest BCUT2D eigenvalue weighted by Crippen LogP contribution is -2.21. The summed E-state index contributed by atoms with van der Waals surface area (Å²) in [6, 6.07) is 9.98. The second-order valence-corrected chi connectivity index (χ2v) is 3.92. The first-order valence-corrected chi connectivity index (χ1v) is 5.86. The van der Waals surface area contributed by atoms with E-state index < -0.39 is 0 Å². The number of aliphatic imine (C=N–C) groups is 1. The summed E-state index contributed by atoms with van der Waals surface area (Å²) in [6.45, 7) is 6.51. The van der Waals surface area contributed by atoms with Gasteiger partial charge in [0, 0.05) is 5.71 Å². The molecule has 0 heterocycles. The number of benzene rings is 1. The molecule has 1 aromatic carbocycles. The molecule has 17 heavy (non-hydrogen) atoms. The molecule has 0 radical (unpaired) electrons. The molecule has 0 N–H and O–H groups in total. The molecule has 0 saturated heterocycles. The average molecular weight is 233 g/mol. The summed E-state index contributed by atoms with van der Waals surface area (Å²) in [4.78, 5) is 15.9. The fraction of sp³-hybridized carbons (Fsp3) is 0.429. The Morgan fingerprint density at radius 3 is 2.59 bits per heavy atom. The average Bonchev–Trinajstić information content (AvgIpc) is 2.36. The van der Waals surface area contributed by atoms with Gasteiger partial charge in [0.05, 0.1) is 19.1 Å². The van der Waals surface area contributed by atoms with Crippen LogP contribution in [0.25, 0.3) is 0 Å². The third kappa shape index (κ3) is 4.39. The maximum atomic E-state index is 11.5. The van der Waals surface area contributed by atoms with E-state index in [4.69, 9.17) is 4.74 Å². The summed E-state index contributed by atoms with van der Waals surface area (Å²) in [6.07, 6.45) is 0.